The molecule has 1 aliphatic heterocycles. The summed E-state index contributed by atoms with van der Waals surface area (Å²) in [7, 11) is -3.05. The van der Waals surface area contributed by atoms with Gasteiger partial charge in [-0.25, -0.2) is 8.42 Å². The molecule has 0 unspecified atom stereocenters. The zero-order valence-corrected chi connectivity index (χ0v) is 9.52. The van der Waals surface area contributed by atoms with Crippen LogP contribution in [0.2, 0.25) is 0 Å². The zero-order valence-electron chi connectivity index (χ0n) is 8.70. The summed E-state index contributed by atoms with van der Waals surface area (Å²) in [5.41, 5.74) is 5.06. The molecule has 0 aliphatic carbocycles. The highest BCUT2D eigenvalue weighted by Gasteiger charge is 2.40. The number of rotatable bonds is 3. The molecule has 0 aromatic carbocycles. The highest BCUT2D eigenvalue weighted by Crippen LogP contribution is 2.26. The zero-order chi connectivity index (χ0) is 12.4. The molecule has 2 N–H and O–H groups in total. The molecule has 1 atom stereocenters. The molecular weight excluding hydrogens is 245 g/mol. The van der Waals surface area contributed by atoms with Crippen molar-refractivity contribution in [2.75, 3.05) is 37.7 Å². The summed E-state index contributed by atoms with van der Waals surface area (Å²) < 4.78 is 59.4. The molecule has 0 radical (unpaired) electrons. The van der Waals surface area contributed by atoms with Gasteiger partial charge in [-0.3, -0.25) is 0 Å². The van der Waals surface area contributed by atoms with Crippen LogP contribution in [0.1, 0.15) is 0 Å². The van der Waals surface area contributed by atoms with Gasteiger partial charge in [0.05, 0.1) is 17.4 Å². The number of hydrogen-bond donors (Lipinski definition) is 1. The maximum Gasteiger partial charge on any atom is 0.394 e. The lowest BCUT2D eigenvalue weighted by Gasteiger charge is -2.30. The number of alkyl halides is 3. The van der Waals surface area contributed by atoms with Crippen molar-refractivity contribution >= 4 is 9.84 Å². The lowest BCUT2D eigenvalue weighted by atomic mass is 10.1. The second-order valence-electron chi connectivity index (χ2n) is 3.93. The minimum Gasteiger partial charge on any atom is -0.330 e. The molecule has 1 aliphatic rings. The monoisotopic (exact) mass is 260 g/mol. The molecule has 1 heterocycles. The molecule has 0 saturated carbocycles. The van der Waals surface area contributed by atoms with Gasteiger partial charge in [0.1, 0.15) is 0 Å². The van der Waals surface area contributed by atoms with E-state index in [-0.39, 0.29) is 31.1 Å². The van der Waals surface area contributed by atoms with E-state index in [0.717, 1.165) is 0 Å². The third-order valence-corrected chi connectivity index (χ3v) is 4.27. The van der Waals surface area contributed by atoms with Crippen molar-refractivity contribution in [3.8, 4) is 0 Å². The van der Waals surface area contributed by atoms with E-state index in [1.54, 1.807) is 0 Å². The first-order valence-corrected chi connectivity index (χ1v) is 6.76. The Hall–Kier alpha value is -0.340. The molecule has 1 fully saturated rings. The predicted molar refractivity (Wildman–Crippen MR) is 53.7 cm³/mol. The van der Waals surface area contributed by atoms with Crippen LogP contribution in [0, 0.1) is 5.92 Å². The Bertz CT molecular complexity index is 315. The first-order chi connectivity index (χ1) is 7.24. The Morgan fingerprint density at radius 3 is 2.12 bits per heavy atom. The smallest absolute Gasteiger partial charge is 0.330 e. The summed E-state index contributed by atoms with van der Waals surface area (Å²) in [4.78, 5) is 1.51. The molecule has 4 nitrogen and oxygen atoms in total. The third-order valence-electron chi connectivity index (χ3n) is 2.66. The maximum atomic E-state index is 12.4. The molecule has 0 spiro atoms. The van der Waals surface area contributed by atoms with Gasteiger partial charge in [-0.15, -0.1) is 0 Å². The van der Waals surface area contributed by atoms with Crippen molar-refractivity contribution in [3.05, 3.63) is 0 Å². The number of nitrogens with zero attached hydrogens (tertiary/aromatic N) is 1. The summed E-state index contributed by atoms with van der Waals surface area (Å²) in [5, 5.41) is 0. The van der Waals surface area contributed by atoms with Gasteiger partial charge < -0.3 is 10.6 Å². The highest BCUT2D eigenvalue weighted by atomic mass is 32.2. The standard InChI is InChI=1S/C8H15F3N2O2S/c9-8(10,11)7(5-12)6-13-1-3-16(14,15)4-2-13/h7H,1-6,12H2/t7-/m1/s1. The van der Waals surface area contributed by atoms with Crippen LogP contribution < -0.4 is 5.73 Å². The summed E-state index contributed by atoms with van der Waals surface area (Å²) in [6, 6.07) is 0. The van der Waals surface area contributed by atoms with Crippen LogP contribution in [0.25, 0.3) is 0 Å². The van der Waals surface area contributed by atoms with Gasteiger partial charge >= 0.3 is 6.18 Å². The number of halogens is 3. The van der Waals surface area contributed by atoms with E-state index in [0.29, 0.717) is 0 Å². The van der Waals surface area contributed by atoms with E-state index in [9.17, 15) is 21.6 Å². The normalized spacial score (nSPS) is 24.2. The first kappa shape index (κ1) is 13.7. The number of sulfone groups is 1. The van der Waals surface area contributed by atoms with E-state index >= 15 is 0 Å². The summed E-state index contributed by atoms with van der Waals surface area (Å²) >= 11 is 0. The SMILES string of the molecule is NC[C@H](CN1CCS(=O)(=O)CC1)C(F)(F)F. The van der Waals surface area contributed by atoms with E-state index in [1.807, 2.05) is 0 Å². The van der Waals surface area contributed by atoms with Crippen molar-refractivity contribution in [1.29, 1.82) is 0 Å². The fourth-order valence-electron chi connectivity index (χ4n) is 1.56. The average Bonchev–Trinajstić information content (AvgIpc) is 2.14. The van der Waals surface area contributed by atoms with Gasteiger partial charge in [0.25, 0.3) is 0 Å². The predicted octanol–water partition coefficient (Wildman–Crippen LogP) is -0.146. The van der Waals surface area contributed by atoms with Crippen LogP contribution in [0.3, 0.4) is 0 Å². The molecule has 16 heavy (non-hydrogen) atoms. The van der Waals surface area contributed by atoms with Gasteiger partial charge in [0.15, 0.2) is 9.84 Å². The minimum atomic E-state index is -4.31. The maximum absolute atomic E-state index is 12.4. The molecule has 0 bridgehead atoms. The van der Waals surface area contributed by atoms with Crippen molar-refractivity contribution < 1.29 is 21.6 Å². The van der Waals surface area contributed by atoms with Crippen LogP contribution in [-0.2, 0) is 9.84 Å². The summed E-state index contributed by atoms with van der Waals surface area (Å²) in [5.74, 6) is -1.71. The lowest BCUT2D eigenvalue weighted by molar-refractivity contribution is -0.176. The van der Waals surface area contributed by atoms with Crippen LogP contribution in [0.5, 0.6) is 0 Å². The van der Waals surface area contributed by atoms with Gasteiger partial charge in [-0.1, -0.05) is 0 Å². The van der Waals surface area contributed by atoms with E-state index in [2.05, 4.69) is 0 Å². The Morgan fingerprint density at radius 1 is 1.25 bits per heavy atom. The highest BCUT2D eigenvalue weighted by molar-refractivity contribution is 7.91. The molecule has 1 saturated heterocycles. The Kier molecular flexibility index (Phi) is 4.19. The number of hydrogen-bond acceptors (Lipinski definition) is 4. The molecule has 8 heteroatoms. The lowest BCUT2D eigenvalue weighted by Crippen LogP contribution is -2.46. The average molecular weight is 260 g/mol. The van der Waals surface area contributed by atoms with Gasteiger partial charge in [0.2, 0.25) is 0 Å². The largest absolute Gasteiger partial charge is 0.394 e. The van der Waals surface area contributed by atoms with Gasteiger partial charge in [-0.05, 0) is 0 Å². The number of nitrogens with two attached hydrogens (primary N) is 1. The topological polar surface area (TPSA) is 63.4 Å². The third kappa shape index (κ3) is 3.91. The Labute approximate surface area is 92.5 Å². The quantitative estimate of drug-likeness (QED) is 0.767. The minimum absolute atomic E-state index is 0.0673. The molecule has 0 amide bonds. The van der Waals surface area contributed by atoms with E-state index < -0.39 is 28.5 Å². The Balaban J connectivity index is 2.50. The molecule has 0 aromatic heterocycles. The molecule has 0 aromatic rings. The van der Waals surface area contributed by atoms with Crippen LogP contribution in [0.15, 0.2) is 0 Å². The van der Waals surface area contributed by atoms with E-state index in [1.165, 1.54) is 4.90 Å². The Morgan fingerprint density at radius 2 is 1.75 bits per heavy atom. The van der Waals surface area contributed by atoms with Crippen molar-refractivity contribution in [1.82, 2.24) is 4.90 Å². The van der Waals surface area contributed by atoms with Crippen LogP contribution in [0.4, 0.5) is 13.2 Å². The molecular formula is C8H15F3N2O2S. The second kappa shape index (κ2) is 4.89. The van der Waals surface area contributed by atoms with Crippen LogP contribution >= 0.6 is 0 Å². The second-order valence-corrected chi connectivity index (χ2v) is 6.23. The van der Waals surface area contributed by atoms with E-state index in [4.69, 9.17) is 5.73 Å². The summed E-state index contributed by atoms with van der Waals surface area (Å²) in [6.07, 6.45) is -4.31. The van der Waals surface area contributed by atoms with Crippen molar-refractivity contribution in [2.24, 2.45) is 11.7 Å². The van der Waals surface area contributed by atoms with Gasteiger partial charge in [-0.2, -0.15) is 13.2 Å². The van der Waals surface area contributed by atoms with Crippen molar-refractivity contribution in [2.45, 2.75) is 6.18 Å². The van der Waals surface area contributed by atoms with Crippen molar-refractivity contribution in [3.63, 3.8) is 0 Å². The molecule has 1 rings (SSSR count). The van der Waals surface area contributed by atoms with Crippen LogP contribution in [-0.4, -0.2) is 57.2 Å². The van der Waals surface area contributed by atoms with Gasteiger partial charge in [0, 0.05) is 26.2 Å². The first-order valence-electron chi connectivity index (χ1n) is 4.94. The fraction of sp³-hybridized carbons (Fsp3) is 1.00. The molecule has 96 valence electrons. The fourth-order valence-corrected chi connectivity index (χ4v) is 2.83. The summed E-state index contributed by atoms with van der Waals surface area (Å²) in [6.45, 7) is -0.355.